The largest absolute Gasteiger partial charge is 0.493 e. The van der Waals surface area contributed by atoms with Crippen LogP contribution in [0.1, 0.15) is 52.7 Å². The van der Waals surface area contributed by atoms with E-state index in [9.17, 15) is 18.0 Å². The van der Waals surface area contributed by atoms with Crippen LogP contribution in [0.25, 0.3) is 11.3 Å². The Bertz CT molecular complexity index is 1050. The molecule has 8 heteroatoms. The number of rotatable bonds is 9. The van der Waals surface area contributed by atoms with E-state index in [2.05, 4.69) is 4.98 Å². The van der Waals surface area contributed by atoms with E-state index in [4.69, 9.17) is 9.84 Å². The Morgan fingerprint density at radius 2 is 1.97 bits per heavy atom. The summed E-state index contributed by atoms with van der Waals surface area (Å²) in [5.41, 5.74) is 1.08. The zero-order valence-electron chi connectivity index (χ0n) is 16.9. The Kier molecular flexibility index (Phi) is 7.33. The van der Waals surface area contributed by atoms with Gasteiger partial charge in [-0.25, -0.2) is 9.78 Å². The van der Waals surface area contributed by atoms with Gasteiger partial charge in [-0.15, -0.1) is 11.3 Å². The van der Waals surface area contributed by atoms with Gasteiger partial charge in [-0.05, 0) is 36.2 Å². The first-order valence-electron chi connectivity index (χ1n) is 9.89. The van der Waals surface area contributed by atoms with Crippen LogP contribution in [0.15, 0.2) is 47.8 Å². The van der Waals surface area contributed by atoms with Crippen molar-refractivity contribution in [1.82, 2.24) is 4.98 Å². The summed E-state index contributed by atoms with van der Waals surface area (Å²) < 4.78 is 46.0. The normalized spacial score (nSPS) is 11.5. The second-order valence-electron chi connectivity index (χ2n) is 7.07. The van der Waals surface area contributed by atoms with Gasteiger partial charge < -0.3 is 9.84 Å². The molecule has 3 rings (SSSR count). The molecule has 2 aromatic carbocycles. The van der Waals surface area contributed by atoms with Crippen molar-refractivity contribution < 1.29 is 27.8 Å². The zero-order valence-corrected chi connectivity index (χ0v) is 17.7. The van der Waals surface area contributed by atoms with Crippen LogP contribution in [0, 0.1) is 0 Å². The lowest BCUT2D eigenvalue weighted by Gasteiger charge is -2.15. The molecule has 0 bridgehead atoms. The van der Waals surface area contributed by atoms with Crippen LogP contribution in [0.4, 0.5) is 13.2 Å². The minimum absolute atomic E-state index is 0.149. The molecule has 0 saturated carbocycles. The fourth-order valence-corrected chi connectivity index (χ4v) is 3.92. The first kappa shape index (κ1) is 22.8. The summed E-state index contributed by atoms with van der Waals surface area (Å²) in [6.07, 6.45) is -1.70. The van der Waals surface area contributed by atoms with Crippen molar-refractivity contribution in [3.63, 3.8) is 0 Å². The lowest BCUT2D eigenvalue weighted by atomic mass is 10.1. The molecular formula is C23H22F3NO3S. The maximum absolute atomic E-state index is 13.5. The molecule has 0 aliphatic carbocycles. The smallest absolute Gasteiger partial charge is 0.419 e. The van der Waals surface area contributed by atoms with Gasteiger partial charge in [0, 0.05) is 17.4 Å². The third-order valence-corrected chi connectivity index (χ3v) is 5.52. The van der Waals surface area contributed by atoms with Gasteiger partial charge in [-0.3, -0.25) is 0 Å². The number of hydrogen-bond donors (Lipinski definition) is 1. The zero-order chi connectivity index (χ0) is 22.4. The summed E-state index contributed by atoms with van der Waals surface area (Å²) in [5, 5.41) is 11.5. The van der Waals surface area contributed by atoms with Gasteiger partial charge in [0.25, 0.3) is 0 Å². The molecule has 4 nitrogen and oxygen atoms in total. The molecule has 1 heterocycles. The number of carboxylic acid groups (broad SMARTS) is 1. The van der Waals surface area contributed by atoms with Gasteiger partial charge in [-0.2, -0.15) is 13.2 Å². The molecular weight excluding hydrogens is 427 g/mol. The summed E-state index contributed by atoms with van der Waals surface area (Å²) in [6.45, 7) is 2.27. The van der Waals surface area contributed by atoms with E-state index in [1.165, 1.54) is 29.5 Å². The number of carboxylic acids is 1. The molecule has 1 N–H and O–H groups in total. The van der Waals surface area contributed by atoms with Crippen molar-refractivity contribution in [2.24, 2.45) is 0 Å². The summed E-state index contributed by atoms with van der Waals surface area (Å²) >= 11 is 1.32. The molecule has 31 heavy (non-hydrogen) atoms. The van der Waals surface area contributed by atoms with Crippen molar-refractivity contribution in [1.29, 1.82) is 0 Å². The van der Waals surface area contributed by atoms with Crippen LogP contribution < -0.4 is 4.74 Å². The van der Waals surface area contributed by atoms with E-state index in [0.29, 0.717) is 28.2 Å². The van der Waals surface area contributed by atoms with Gasteiger partial charge in [0.1, 0.15) is 5.75 Å². The lowest BCUT2D eigenvalue weighted by Crippen LogP contribution is -2.10. The van der Waals surface area contributed by atoms with Gasteiger partial charge >= 0.3 is 12.1 Å². The van der Waals surface area contributed by atoms with Gasteiger partial charge in [-0.1, -0.05) is 38.0 Å². The number of halogens is 3. The summed E-state index contributed by atoms with van der Waals surface area (Å²) in [7, 11) is 0. The molecule has 0 atom stereocenters. The highest BCUT2D eigenvalue weighted by molar-refractivity contribution is 7.10. The van der Waals surface area contributed by atoms with Crippen LogP contribution in [0.5, 0.6) is 5.75 Å². The topological polar surface area (TPSA) is 59.4 Å². The highest BCUT2D eigenvalue weighted by Crippen LogP contribution is 2.37. The maximum atomic E-state index is 13.5. The van der Waals surface area contributed by atoms with Crippen LogP contribution >= 0.6 is 11.3 Å². The summed E-state index contributed by atoms with van der Waals surface area (Å²) in [5.74, 6) is -1.19. The first-order valence-corrected chi connectivity index (χ1v) is 10.8. The molecule has 0 aliphatic heterocycles. The molecule has 0 unspecified atom stereocenters. The summed E-state index contributed by atoms with van der Waals surface area (Å²) in [6, 6.07) is 10.5. The number of carbonyl (C=O) groups is 1. The van der Waals surface area contributed by atoms with Crippen molar-refractivity contribution in [2.45, 2.75) is 38.8 Å². The predicted octanol–water partition coefficient (Wildman–Crippen LogP) is 6.69. The number of alkyl halides is 3. The molecule has 164 valence electrons. The van der Waals surface area contributed by atoms with Crippen molar-refractivity contribution >= 4 is 17.3 Å². The Labute approximate surface area is 182 Å². The van der Waals surface area contributed by atoms with E-state index >= 15 is 0 Å². The number of ether oxygens (including phenoxy) is 1. The quantitative estimate of drug-likeness (QED) is 0.370. The third kappa shape index (κ3) is 6.07. The minimum atomic E-state index is -4.51. The molecule has 0 radical (unpaired) electrons. The van der Waals surface area contributed by atoms with E-state index in [0.717, 1.165) is 18.9 Å². The number of aromatic carboxylic acids is 1. The maximum Gasteiger partial charge on any atom is 0.419 e. The Balaban J connectivity index is 1.78. The highest BCUT2D eigenvalue weighted by Gasteiger charge is 2.34. The number of benzene rings is 2. The standard InChI is InChI=1S/C23H22F3NO3S/c1-2-3-4-10-30-20-9-8-15(11-18(20)23(24,25)26)12-21-27-19(14-31-21)16-6-5-7-17(13-16)22(28)29/h5-9,11,13-14H,2-4,10,12H2,1H3,(H,28,29). The molecule has 0 amide bonds. The van der Waals surface area contributed by atoms with Crippen LogP contribution in [0.3, 0.4) is 0 Å². The summed E-state index contributed by atoms with van der Waals surface area (Å²) in [4.78, 5) is 15.6. The second-order valence-corrected chi connectivity index (χ2v) is 8.02. The van der Waals surface area contributed by atoms with Crippen molar-refractivity contribution in [3.05, 3.63) is 69.5 Å². The van der Waals surface area contributed by atoms with Gasteiger partial charge in [0.15, 0.2) is 0 Å². The molecule has 0 saturated heterocycles. The first-order chi connectivity index (χ1) is 14.8. The number of unbranched alkanes of at least 4 members (excludes halogenated alkanes) is 2. The number of nitrogens with zero attached hydrogens (tertiary/aromatic N) is 1. The Hall–Kier alpha value is -2.87. The van der Waals surface area contributed by atoms with E-state index in [1.54, 1.807) is 23.6 Å². The lowest BCUT2D eigenvalue weighted by molar-refractivity contribution is -0.139. The number of thiazole rings is 1. The average molecular weight is 449 g/mol. The second kappa shape index (κ2) is 9.96. The van der Waals surface area contributed by atoms with Crippen LogP contribution in [-0.4, -0.2) is 22.7 Å². The molecule has 1 aromatic heterocycles. The number of aromatic nitrogens is 1. The van der Waals surface area contributed by atoms with Gasteiger partial charge in [0.05, 0.1) is 28.4 Å². The van der Waals surface area contributed by atoms with E-state index in [-0.39, 0.29) is 24.3 Å². The van der Waals surface area contributed by atoms with E-state index in [1.807, 2.05) is 6.92 Å². The monoisotopic (exact) mass is 449 g/mol. The van der Waals surface area contributed by atoms with E-state index < -0.39 is 17.7 Å². The fraction of sp³-hybridized carbons (Fsp3) is 0.304. The minimum Gasteiger partial charge on any atom is -0.493 e. The van der Waals surface area contributed by atoms with Crippen molar-refractivity contribution in [2.75, 3.05) is 6.61 Å². The molecule has 3 aromatic rings. The number of hydrogen-bond acceptors (Lipinski definition) is 4. The highest BCUT2D eigenvalue weighted by atomic mass is 32.1. The van der Waals surface area contributed by atoms with Crippen molar-refractivity contribution in [3.8, 4) is 17.0 Å². The SMILES string of the molecule is CCCCCOc1ccc(Cc2nc(-c3cccc(C(=O)O)c3)cs2)cc1C(F)(F)F. The third-order valence-electron chi connectivity index (χ3n) is 4.67. The van der Waals surface area contributed by atoms with Crippen LogP contribution in [-0.2, 0) is 12.6 Å². The predicted molar refractivity (Wildman–Crippen MR) is 114 cm³/mol. The Morgan fingerprint density at radius 3 is 2.68 bits per heavy atom. The van der Waals surface area contributed by atoms with Crippen LogP contribution in [0.2, 0.25) is 0 Å². The molecule has 0 spiro atoms. The Morgan fingerprint density at radius 1 is 1.16 bits per heavy atom. The fourth-order valence-electron chi connectivity index (χ4n) is 3.08. The molecule has 0 fully saturated rings. The molecule has 0 aliphatic rings. The van der Waals surface area contributed by atoms with Gasteiger partial charge in [0.2, 0.25) is 0 Å². The average Bonchev–Trinajstić information content (AvgIpc) is 3.20.